The molecule has 1 aliphatic carbocycles. The summed E-state index contributed by atoms with van der Waals surface area (Å²) in [7, 11) is 0. The van der Waals surface area contributed by atoms with E-state index in [9.17, 15) is 4.79 Å². The van der Waals surface area contributed by atoms with Crippen LogP contribution in [-0.2, 0) is 0 Å². The highest BCUT2D eigenvalue weighted by molar-refractivity contribution is 7.71. The molecule has 3 heteroatoms. The van der Waals surface area contributed by atoms with E-state index in [2.05, 4.69) is 12.2 Å². The van der Waals surface area contributed by atoms with Gasteiger partial charge in [0.15, 0.2) is 6.29 Å². The molecular formula is C12H11NOS. The Morgan fingerprint density at radius 3 is 3.00 bits per heavy atom. The van der Waals surface area contributed by atoms with Crippen LogP contribution >= 0.6 is 12.2 Å². The summed E-state index contributed by atoms with van der Waals surface area (Å²) in [5.74, 6) is 0. The molecule has 0 aromatic carbocycles. The fraction of sp³-hybridized carbons (Fsp3) is 0.167. The number of carbonyl (C=O) groups excluding carboxylic acids is 1. The average Bonchev–Trinajstić information content (AvgIpc) is 2.30. The number of nitrogens with zero attached hydrogens (tertiary/aromatic N) is 1. The van der Waals surface area contributed by atoms with Gasteiger partial charge in [0.1, 0.15) is 4.64 Å². The minimum absolute atomic E-state index is 0.238. The Kier molecular flexibility index (Phi) is 2.92. The molecule has 2 nitrogen and oxygen atoms in total. The number of aromatic nitrogens is 1. The number of hydrogen-bond acceptors (Lipinski definition) is 2. The maximum absolute atomic E-state index is 10.8. The predicted octanol–water partition coefficient (Wildman–Crippen LogP) is 3.09. The summed E-state index contributed by atoms with van der Waals surface area (Å²) in [5.41, 5.74) is 0.579. The van der Waals surface area contributed by atoms with Gasteiger partial charge in [-0.3, -0.25) is 4.79 Å². The van der Waals surface area contributed by atoms with Crippen LogP contribution < -0.4 is 0 Å². The van der Waals surface area contributed by atoms with Crippen molar-refractivity contribution in [3.63, 3.8) is 0 Å². The Hall–Kier alpha value is -1.48. The number of hydrogen-bond donors (Lipinski definition) is 0. The molecule has 0 saturated heterocycles. The van der Waals surface area contributed by atoms with Gasteiger partial charge in [-0.15, -0.1) is 0 Å². The van der Waals surface area contributed by atoms with Gasteiger partial charge < -0.3 is 4.57 Å². The fourth-order valence-electron chi connectivity index (χ4n) is 1.65. The van der Waals surface area contributed by atoms with E-state index in [1.54, 1.807) is 6.07 Å². The molecule has 0 N–H and O–H groups in total. The van der Waals surface area contributed by atoms with E-state index in [1.165, 1.54) is 0 Å². The van der Waals surface area contributed by atoms with E-state index in [4.69, 9.17) is 12.2 Å². The molecule has 1 aromatic rings. The molecule has 2 rings (SSSR count). The Balaban J connectivity index is 2.44. The molecule has 0 aliphatic heterocycles. The Morgan fingerprint density at radius 2 is 2.33 bits per heavy atom. The zero-order valence-corrected chi connectivity index (χ0v) is 8.98. The van der Waals surface area contributed by atoms with E-state index in [-0.39, 0.29) is 6.04 Å². The maximum Gasteiger partial charge on any atom is 0.153 e. The van der Waals surface area contributed by atoms with E-state index in [0.717, 1.165) is 12.7 Å². The topological polar surface area (TPSA) is 22.0 Å². The van der Waals surface area contributed by atoms with E-state index < -0.39 is 0 Å². The minimum Gasteiger partial charge on any atom is -0.331 e. The van der Waals surface area contributed by atoms with Gasteiger partial charge in [0.2, 0.25) is 0 Å². The molecule has 0 spiro atoms. The van der Waals surface area contributed by atoms with E-state index >= 15 is 0 Å². The van der Waals surface area contributed by atoms with Crippen molar-refractivity contribution < 1.29 is 4.79 Å². The zero-order chi connectivity index (χ0) is 10.7. The van der Waals surface area contributed by atoms with Crippen LogP contribution in [0.4, 0.5) is 0 Å². The van der Waals surface area contributed by atoms with Crippen LogP contribution in [0.2, 0.25) is 0 Å². The van der Waals surface area contributed by atoms with Gasteiger partial charge in [0.25, 0.3) is 0 Å². The molecule has 0 fully saturated rings. The smallest absolute Gasteiger partial charge is 0.153 e. The largest absolute Gasteiger partial charge is 0.331 e. The highest BCUT2D eigenvalue weighted by Crippen LogP contribution is 2.19. The monoisotopic (exact) mass is 217 g/mol. The molecule has 1 aromatic heterocycles. The number of rotatable bonds is 2. The van der Waals surface area contributed by atoms with Crippen LogP contribution in [0.5, 0.6) is 0 Å². The molecule has 0 radical (unpaired) electrons. The first kappa shape index (κ1) is 10.1. The minimum atomic E-state index is 0.238. The lowest BCUT2D eigenvalue weighted by molar-refractivity contribution is 0.112. The Bertz CT molecular complexity index is 485. The molecule has 1 atom stereocenters. The maximum atomic E-state index is 10.8. The van der Waals surface area contributed by atoms with Crippen LogP contribution in [0.1, 0.15) is 22.8 Å². The molecule has 1 heterocycles. The average molecular weight is 217 g/mol. The van der Waals surface area contributed by atoms with Gasteiger partial charge in [-0.1, -0.05) is 36.5 Å². The molecular weight excluding hydrogens is 206 g/mol. The van der Waals surface area contributed by atoms with Gasteiger partial charge in [0.05, 0.1) is 6.04 Å². The van der Waals surface area contributed by atoms with Crippen molar-refractivity contribution in [2.45, 2.75) is 12.5 Å². The molecule has 15 heavy (non-hydrogen) atoms. The molecule has 0 amide bonds. The fourth-order valence-corrected chi connectivity index (χ4v) is 1.96. The lowest BCUT2D eigenvalue weighted by Crippen LogP contribution is -2.09. The quantitative estimate of drug-likeness (QED) is 0.561. The first-order valence-electron chi connectivity index (χ1n) is 4.82. The highest BCUT2D eigenvalue weighted by Gasteiger charge is 2.08. The third-order valence-electron chi connectivity index (χ3n) is 2.45. The first-order chi connectivity index (χ1) is 7.33. The van der Waals surface area contributed by atoms with Gasteiger partial charge in [-0.05, 0) is 18.6 Å². The second-order valence-corrected chi connectivity index (χ2v) is 3.80. The Morgan fingerprint density at radius 1 is 1.47 bits per heavy atom. The lowest BCUT2D eigenvalue weighted by Gasteiger charge is -2.17. The normalized spacial score (nSPS) is 19.1. The highest BCUT2D eigenvalue weighted by atomic mass is 32.1. The van der Waals surface area contributed by atoms with Gasteiger partial charge in [-0.25, -0.2) is 0 Å². The summed E-state index contributed by atoms with van der Waals surface area (Å²) >= 11 is 5.25. The molecule has 0 bridgehead atoms. The van der Waals surface area contributed by atoms with Gasteiger partial charge >= 0.3 is 0 Å². The van der Waals surface area contributed by atoms with E-state index in [0.29, 0.717) is 10.2 Å². The van der Waals surface area contributed by atoms with Crippen LogP contribution in [0.3, 0.4) is 0 Å². The standard InChI is InChI=1S/C12H11NOS/c14-9-10-5-4-8-13(12(10)15)11-6-2-1-3-7-11/h1-6,8-9,11H,7H2. The summed E-state index contributed by atoms with van der Waals surface area (Å²) < 4.78 is 2.57. The second-order valence-electron chi connectivity index (χ2n) is 3.41. The van der Waals surface area contributed by atoms with Crippen LogP contribution in [-0.4, -0.2) is 10.9 Å². The molecule has 76 valence electrons. The van der Waals surface area contributed by atoms with Crippen molar-refractivity contribution in [1.29, 1.82) is 0 Å². The summed E-state index contributed by atoms with van der Waals surface area (Å²) in [6.07, 6.45) is 11.9. The second kappa shape index (κ2) is 4.36. The summed E-state index contributed by atoms with van der Waals surface area (Å²) in [6, 6.07) is 3.84. The number of carbonyl (C=O) groups is 1. The lowest BCUT2D eigenvalue weighted by atomic mass is 10.1. The molecule has 0 saturated carbocycles. The number of pyridine rings is 1. The number of allylic oxidation sites excluding steroid dienone is 4. The van der Waals surface area contributed by atoms with Crippen LogP contribution in [0.25, 0.3) is 0 Å². The molecule has 1 unspecified atom stereocenters. The first-order valence-corrected chi connectivity index (χ1v) is 5.23. The van der Waals surface area contributed by atoms with Crippen LogP contribution in [0, 0.1) is 4.64 Å². The van der Waals surface area contributed by atoms with Crippen molar-refractivity contribution in [3.05, 3.63) is 52.8 Å². The SMILES string of the molecule is O=Cc1cccn(C2C=CC=CC2)c1=S. The zero-order valence-electron chi connectivity index (χ0n) is 8.17. The van der Waals surface area contributed by atoms with Crippen molar-refractivity contribution >= 4 is 18.5 Å². The number of aldehydes is 1. The predicted molar refractivity (Wildman–Crippen MR) is 62.6 cm³/mol. The summed E-state index contributed by atoms with van der Waals surface area (Å²) in [4.78, 5) is 10.8. The third kappa shape index (κ3) is 1.97. The van der Waals surface area contributed by atoms with Gasteiger partial charge in [-0.2, -0.15) is 0 Å². The van der Waals surface area contributed by atoms with Crippen molar-refractivity contribution in [1.82, 2.24) is 4.57 Å². The van der Waals surface area contributed by atoms with Gasteiger partial charge in [0, 0.05) is 11.8 Å². The molecule has 1 aliphatic rings. The van der Waals surface area contributed by atoms with Crippen molar-refractivity contribution in [3.8, 4) is 0 Å². The third-order valence-corrected chi connectivity index (χ3v) is 2.89. The summed E-state index contributed by atoms with van der Waals surface area (Å²) in [5, 5.41) is 0. The van der Waals surface area contributed by atoms with E-state index in [1.807, 2.05) is 29.0 Å². The summed E-state index contributed by atoms with van der Waals surface area (Å²) in [6.45, 7) is 0. The van der Waals surface area contributed by atoms with Crippen molar-refractivity contribution in [2.24, 2.45) is 0 Å². The Labute approximate surface area is 93.6 Å². The van der Waals surface area contributed by atoms with Crippen molar-refractivity contribution in [2.75, 3.05) is 0 Å². The van der Waals surface area contributed by atoms with Crippen LogP contribution in [0.15, 0.2) is 42.6 Å².